The molecule has 1 saturated heterocycles. The molecule has 13 heavy (non-hydrogen) atoms. The molecule has 0 saturated carbocycles. The first-order valence-corrected chi connectivity index (χ1v) is 5.94. The van der Waals surface area contributed by atoms with Crippen LogP contribution in [0.1, 0.15) is 17.3 Å². The Bertz CT molecular complexity index is 317. The predicted molar refractivity (Wildman–Crippen MR) is 54.0 cm³/mol. The highest BCUT2D eigenvalue weighted by molar-refractivity contribution is 8.00. The fourth-order valence-corrected chi connectivity index (χ4v) is 2.66. The SMILES string of the molecule is c1nn(C2CSC2)c2c1CCNC2. The molecule has 3 nitrogen and oxygen atoms in total. The number of fused-ring (bicyclic) bond motifs is 1. The Balaban J connectivity index is 1.95. The van der Waals surface area contributed by atoms with Gasteiger partial charge in [0.25, 0.3) is 0 Å². The first-order valence-electron chi connectivity index (χ1n) is 4.79. The molecular weight excluding hydrogens is 182 g/mol. The molecule has 2 aliphatic heterocycles. The third-order valence-corrected chi connectivity index (χ3v) is 4.06. The first kappa shape index (κ1) is 7.88. The number of rotatable bonds is 1. The van der Waals surface area contributed by atoms with Crippen LogP contribution in [-0.2, 0) is 13.0 Å². The van der Waals surface area contributed by atoms with E-state index < -0.39 is 0 Å². The van der Waals surface area contributed by atoms with Crippen LogP contribution in [0.15, 0.2) is 6.20 Å². The summed E-state index contributed by atoms with van der Waals surface area (Å²) in [5.74, 6) is 2.49. The van der Waals surface area contributed by atoms with E-state index in [0.717, 1.165) is 19.5 Å². The molecule has 70 valence electrons. The second-order valence-electron chi connectivity index (χ2n) is 3.68. The molecule has 3 rings (SSSR count). The van der Waals surface area contributed by atoms with Gasteiger partial charge in [-0.25, -0.2) is 0 Å². The van der Waals surface area contributed by atoms with Gasteiger partial charge in [0, 0.05) is 18.1 Å². The van der Waals surface area contributed by atoms with Crippen LogP contribution in [0.4, 0.5) is 0 Å². The van der Waals surface area contributed by atoms with Crippen LogP contribution in [-0.4, -0.2) is 27.8 Å². The Morgan fingerprint density at radius 3 is 3.23 bits per heavy atom. The van der Waals surface area contributed by atoms with Crippen molar-refractivity contribution in [3.8, 4) is 0 Å². The molecule has 0 radical (unpaired) electrons. The number of nitrogens with one attached hydrogen (secondary N) is 1. The molecule has 0 bridgehead atoms. The molecule has 0 atom stereocenters. The summed E-state index contributed by atoms with van der Waals surface area (Å²) in [6.45, 7) is 2.12. The minimum absolute atomic E-state index is 0.675. The van der Waals surface area contributed by atoms with E-state index in [4.69, 9.17) is 0 Å². The molecular formula is C9H13N3S. The highest BCUT2D eigenvalue weighted by Gasteiger charge is 2.25. The maximum Gasteiger partial charge on any atom is 0.0703 e. The summed E-state index contributed by atoms with van der Waals surface area (Å²) < 4.78 is 2.23. The number of nitrogens with zero attached hydrogens (tertiary/aromatic N) is 2. The highest BCUT2D eigenvalue weighted by atomic mass is 32.2. The average Bonchev–Trinajstić information content (AvgIpc) is 2.47. The monoisotopic (exact) mass is 195 g/mol. The maximum atomic E-state index is 4.48. The van der Waals surface area contributed by atoms with Gasteiger partial charge < -0.3 is 5.32 Å². The summed E-state index contributed by atoms with van der Waals surface area (Å²) in [4.78, 5) is 0. The van der Waals surface area contributed by atoms with Gasteiger partial charge in [-0.2, -0.15) is 16.9 Å². The second-order valence-corrected chi connectivity index (χ2v) is 4.75. The minimum atomic E-state index is 0.675. The lowest BCUT2D eigenvalue weighted by atomic mass is 10.1. The predicted octanol–water partition coefficient (Wildman–Crippen LogP) is 0.817. The van der Waals surface area contributed by atoms with Crippen molar-refractivity contribution in [3.05, 3.63) is 17.5 Å². The third kappa shape index (κ3) is 1.20. The van der Waals surface area contributed by atoms with E-state index in [1.54, 1.807) is 0 Å². The van der Waals surface area contributed by atoms with Gasteiger partial charge in [0.1, 0.15) is 0 Å². The van der Waals surface area contributed by atoms with Gasteiger partial charge in [-0.3, -0.25) is 4.68 Å². The van der Waals surface area contributed by atoms with Crippen molar-refractivity contribution in [1.82, 2.24) is 15.1 Å². The van der Waals surface area contributed by atoms with Crippen LogP contribution < -0.4 is 5.32 Å². The summed E-state index contributed by atoms with van der Waals surface area (Å²) >= 11 is 2.01. The van der Waals surface area contributed by atoms with Gasteiger partial charge in [0.2, 0.25) is 0 Å². The molecule has 0 aliphatic carbocycles. The second kappa shape index (κ2) is 3.03. The van der Waals surface area contributed by atoms with E-state index >= 15 is 0 Å². The summed E-state index contributed by atoms with van der Waals surface area (Å²) in [5.41, 5.74) is 2.88. The lowest BCUT2D eigenvalue weighted by Crippen LogP contribution is -2.30. The van der Waals surface area contributed by atoms with Gasteiger partial charge in [-0.15, -0.1) is 0 Å². The van der Waals surface area contributed by atoms with E-state index in [-0.39, 0.29) is 0 Å². The van der Waals surface area contributed by atoms with Crippen LogP contribution in [0.25, 0.3) is 0 Å². The maximum absolute atomic E-state index is 4.48. The summed E-state index contributed by atoms with van der Waals surface area (Å²) in [7, 11) is 0. The smallest absolute Gasteiger partial charge is 0.0703 e. The molecule has 1 aromatic rings. The van der Waals surface area contributed by atoms with Gasteiger partial charge in [-0.05, 0) is 18.5 Å². The Kier molecular flexibility index (Phi) is 1.84. The lowest BCUT2D eigenvalue weighted by molar-refractivity contribution is 0.482. The van der Waals surface area contributed by atoms with Crippen molar-refractivity contribution >= 4 is 11.8 Å². The summed E-state index contributed by atoms with van der Waals surface area (Å²) in [5, 5.41) is 7.89. The van der Waals surface area contributed by atoms with Crippen molar-refractivity contribution in [2.45, 2.75) is 19.0 Å². The van der Waals surface area contributed by atoms with E-state index in [9.17, 15) is 0 Å². The molecule has 3 heterocycles. The summed E-state index contributed by atoms with van der Waals surface area (Å²) in [6, 6.07) is 0.675. The highest BCUT2D eigenvalue weighted by Crippen LogP contribution is 2.31. The molecule has 0 aromatic carbocycles. The largest absolute Gasteiger partial charge is 0.311 e. The first-order chi connectivity index (χ1) is 6.45. The van der Waals surface area contributed by atoms with Crippen LogP contribution in [0.3, 0.4) is 0 Å². The molecule has 0 spiro atoms. The van der Waals surface area contributed by atoms with Crippen molar-refractivity contribution in [2.24, 2.45) is 0 Å². The van der Waals surface area contributed by atoms with Gasteiger partial charge in [0.05, 0.1) is 17.9 Å². The van der Waals surface area contributed by atoms with Crippen LogP contribution in [0, 0.1) is 0 Å². The zero-order valence-electron chi connectivity index (χ0n) is 7.49. The molecule has 0 unspecified atom stereocenters. The van der Waals surface area contributed by atoms with E-state index in [1.165, 1.54) is 22.8 Å². The van der Waals surface area contributed by atoms with E-state index in [1.807, 2.05) is 11.8 Å². The van der Waals surface area contributed by atoms with Crippen LogP contribution in [0.5, 0.6) is 0 Å². The molecule has 1 fully saturated rings. The molecule has 1 N–H and O–H groups in total. The average molecular weight is 195 g/mol. The van der Waals surface area contributed by atoms with E-state index in [0.29, 0.717) is 6.04 Å². The van der Waals surface area contributed by atoms with Crippen LogP contribution >= 0.6 is 11.8 Å². The fourth-order valence-electron chi connectivity index (χ4n) is 1.94. The minimum Gasteiger partial charge on any atom is -0.311 e. The quantitative estimate of drug-likeness (QED) is 0.719. The molecule has 0 amide bonds. The van der Waals surface area contributed by atoms with Crippen molar-refractivity contribution in [2.75, 3.05) is 18.1 Å². The normalized spacial score (nSPS) is 22.5. The zero-order valence-corrected chi connectivity index (χ0v) is 8.31. The number of hydrogen-bond acceptors (Lipinski definition) is 3. The summed E-state index contributed by atoms with van der Waals surface area (Å²) in [6.07, 6.45) is 3.20. The van der Waals surface area contributed by atoms with Gasteiger partial charge in [-0.1, -0.05) is 0 Å². The lowest BCUT2D eigenvalue weighted by Gasteiger charge is -2.28. The van der Waals surface area contributed by atoms with Gasteiger partial charge >= 0.3 is 0 Å². The number of aromatic nitrogens is 2. The molecule has 4 heteroatoms. The standard InChI is InChI=1S/C9H13N3S/c1-2-10-4-9-7(1)3-11-12(9)8-5-13-6-8/h3,8,10H,1-2,4-6H2. The number of thioether (sulfide) groups is 1. The van der Waals surface area contributed by atoms with Crippen molar-refractivity contribution in [1.29, 1.82) is 0 Å². The van der Waals surface area contributed by atoms with Gasteiger partial charge in [0.15, 0.2) is 0 Å². The molecule has 2 aliphatic rings. The Morgan fingerprint density at radius 2 is 2.46 bits per heavy atom. The van der Waals surface area contributed by atoms with Crippen molar-refractivity contribution < 1.29 is 0 Å². The fraction of sp³-hybridized carbons (Fsp3) is 0.667. The Hall–Kier alpha value is -0.480. The molecule has 1 aromatic heterocycles. The zero-order chi connectivity index (χ0) is 8.67. The Morgan fingerprint density at radius 1 is 1.54 bits per heavy atom. The van der Waals surface area contributed by atoms with Crippen LogP contribution in [0.2, 0.25) is 0 Å². The third-order valence-electron chi connectivity index (χ3n) is 2.82. The topological polar surface area (TPSA) is 29.9 Å². The van der Waals surface area contributed by atoms with E-state index in [2.05, 4.69) is 21.3 Å². The van der Waals surface area contributed by atoms with Crippen molar-refractivity contribution in [3.63, 3.8) is 0 Å². The number of hydrogen-bond donors (Lipinski definition) is 1. The Labute approximate surface area is 81.9 Å².